The second kappa shape index (κ2) is 7.56. The molecule has 1 N–H and O–H groups in total. The summed E-state index contributed by atoms with van der Waals surface area (Å²) in [6.45, 7) is 13.2. The third-order valence-electron chi connectivity index (χ3n) is 1.93. The molecule has 1 aliphatic heterocycles. The molecule has 0 unspecified atom stereocenters. The third kappa shape index (κ3) is 3.14. The van der Waals surface area contributed by atoms with E-state index in [4.69, 9.17) is 0 Å². The lowest BCUT2D eigenvalue weighted by molar-refractivity contribution is 0.499. The van der Waals surface area contributed by atoms with E-state index >= 15 is 0 Å². The highest BCUT2D eigenvalue weighted by Crippen LogP contribution is 2.06. The Labute approximate surface area is 87.5 Å². The summed E-state index contributed by atoms with van der Waals surface area (Å²) in [6.07, 6.45) is 1.93. The number of aryl methyl sites for hydroxylation is 1. The number of hydrogen-bond donors (Lipinski definition) is 1. The van der Waals surface area contributed by atoms with Crippen molar-refractivity contribution < 1.29 is 0 Å². The molecule has 0 radical (unpaired) electrons. The second-order valence-electron chi connectivity index (χ2n) is 2.64. The summed E-state index contributed by atoms with van der Waals surface area (Å²) in [6, 6.07) is 0. The minimum Gasteiger partial charge on any atom is -0.330 e. The van der Waals surface area contributed by atoms with E-state index in [9.17, 15) is 0 Å². The van der Waals surface area contributed by atoms with Crippen LogP contribution in [0.15, 0.2) is 6.20 Å². The van der Waals surface area contributed by atoms with Crippen LogP contribution in [0.4, 0.5) is 0 Å². The van der Waals surface area contributed by atoms with E-state index in [2.05, 4.69) is 21.8 Å². The monoisotopic (exact) mass is 197 g/mol. The molecule has 14 heavy (non-hydrogen) atoms. The molecule has 1 aliphatic rings. The van der Waals surface area contributed by atoms with Crippen molar-refractivity contribution >= 4 is 0 Å². The van der Waals surface area contributed by atoms with E-state index in [1.54, 1.807) is 0 Å². The molecule has 0 saturated heterocycles. The van der Waals surface area contributed by atoms with Crippen molar-refractivity contribution in [1.82, 2.24) is 14.9 Å². The average Bonchev–Trinajstić information content (AvgIpc) is 2.67. The molecule has 2 heterocycles. The van der Waals surface area contributed by atoms with Gasteiger partial charge in [0, 0.05) is 25.0 Å². The van der Waals surface area contributed by atoms with Crippen LogP contribution in [-0.2, 0) is 13.1 Å². The summed E-state index contributed by atoms with van der Waals surface area (Å²) >= 11 is 0. The standard InChI is InChI=1S/C7H11N3.2C2H6/c1-6-4-9-7-5-8-2-3-10(6)7;2*1-2/h4,8H,2-3,5H2,1H3;2*1-2H3. The molecule has 1 aromatic rings. The summed E-state index contributed by atoms with van der Waals surface area (Å²) in [7, 11) is 0. The van der Waals surface area contributed by atoms with Crippen molar-refractivity contribution in [2.24, 2.45) is 0 Å². The van der Waals surface area contributed by atoms with Gasteiger partial charge in [0.15, 0.2) is 0 Å². The SMILES string of the molecule is CC.CC.Cc1cnc2n1CCNC2. The Morgan fingerprint density at radius 2 is 1.93 bits per heavy atom. The molecule has 0 amide bonds. The highest BCUT2D eigenvalue weighted by molar-refractivity contribution is 5.04. The first kappa shape index (κ1) is 13.2. The quantitative estimate of drug-likeness (QED) is 0.692. The zero-order chi connectivity index (χ0) is 11.0. The van der Waals surface area contributed by atoms with Gasteiger partial charge in [-0.1, -0.05) is 27.7 Å². The van der Waals surface area contributed by atoms with Crippen LogP contribution >= 0.6 is 0 Å². The average molecular weight is 197 g/mol. The number of imidazole rings is 1. The van der Waals surface area contributed by atoms with Gasteiger partial charge in [-0.2, -0.15) is 0 Å². The molecule has 0 saturated carbocycles. The van der Waals surface area contributed by atoms with Gasteiger partial charge in [-0.25, -0.2) is 4.98 Å². The molecule has 0 aromatic carbocycles. The Kier molecular flexibility index (Phi) is 7.11. The summed E-state index contributed by atoms with van der Waals surface area (Å²) in [5.41, 5.74) is 1.27. The summed E-state index contributed by atoms with van der Waals surface area (Å²) < 4.78 is 2.26. The minimum atomic E-state index is 0.924. The molecule has 3 nitrogen and oxygen atoms in total. The van der Waals surface area contributed by atoms with Gasteiger partial charge in [0.05, 0.1) is 6.54 Å². The van der Waals surface area contributed by atoms with E-state index in [1.165, 1.54) is 11.5 Å². The van der Waals surface area contributed by atoms with Gasteiger partial charge in [0.25, 0.3) is 0 Å². The van der Waals surface area contributed by atoms with E-state index in [-0.39, 0.29) is 0 Å². The zero-order valence-corrected chi connectivity index (χ0v) is 10.1. The summed E-state index contributed by atoms with van der Waals surface area (Å²) in [5.74, 6) is 1.17. The molecule has 0 spiro atoms. The lowest BCUT2D eigenvalue weighted by Crippen LogP contribution is -2.28. The molecule has 0 aliphatic carbocycles. The van der Waals surface area contributed by atoms with Crippen molar-refractivity contribution in [2.75, 3.05) is 6.54 Å². The molecule has 1 aromatic heterocycles. The zero-order valence-electron chi connectivity index (χ0n) is 10.1. The number of nitrogens with zero attached hydrogens (tertiary/aromatic N) is 2. The number of hydrogen-bond acceptors (Lipinski definition) is 2. The van der Waals surface area contributed by atoms with Crippen LogP contribution in [0, 0.1) is 6.92 Å². The van der Waals surface area contributed by atoms with Gasteiger partial charge in [-0.3, -0.25) is 0 Å². The Morgan fingerprint density at radius 1 is 1.29 bits per heavy atom. The fraction of sp³-hybridized carbons (Fsp3) is 0.727. The molecule has 0 fully saturated rings. The predicted octanol–water partition coefficient (Wildman–Crippen LogP) is 2.35. The van der Waals surface area contributed by atoms with Crippen molar-refractivity contribution in [3.05, 3.63) is 17.7 Å². The van der Waals surface area contributed by atoms with Crippen LogP contribution in [0.3, 0.4) is 0 Å². The van der Waals surface area contributed by atoms with Crippen molar-refractivity contribution in [1.29, 1.82) is 0 Å². The van der Waals surface area contributed by atoms with Gasteiger partial charge < -0.3 is 9.88 Å². The number of nitrogens with one attached hydrogen (secondary N) is 1. The summed E-state index contributed by atoms with van der Waals surface area (Å²) in [5, 5.41) is 3.27. The molecule has 82 valence electrons. The molecular formula is C11H23N3. The number of rotatable bonds is 0. The third-order valence-corrected chi connectivity index (χ3v) is 1.93. The first-order valence-corrected chi connectivity index (χ1v) is 5.59. The van der Waals surface area contributed by atoms with Crippen LogP contribution in [0.2, 0.25) is 0 Å². The molecule has 3 heteroatoms. The first-order chi connectivity index (χ1) is 6.88. The van der Waals surface area contributed by atoms with Crippen LogP contribution in [0.5, 0.6) is 0 Å². The Morgan fingerprint density at radius 3 is 2.50 bits per heavy atom. The Balaban J connectivity index is 0.000000379. The fourth-order valence-corrected chi connectivity index (χ4v) is 1.35. The lowest BCUT2D eigenvalue weighted by atomic mass is 10.4. The van der Waals surface area contributed by atoms with Crippen molar-refractivity contribution in [2.45, 2.75) is 47.7 Å². The van der Waals surface area contributed by atoms with Gasteiger partial charge in [0.1, 0.15) is 5.82 Å². The predicted molar refractivity (Wildman–Crippen MR) is 61.4 cm³/mol. The molecule has 0 bridgehead atoms. The Hall–Kier alpha value is -0.830. The smallest absolute Gasteiger partial charge is 0.122 e. The maximum absolute atomic E-state index is 4.26. The molecular weight excluding hydrogens is 174 g/mol. The fourth-order valence-electron chi connectivity index (χ4n) is 1.35. The maximum atomic E-state index is 4.26. The van der Waals surface area contributed by atoms with Gasteiger partial charge in [0.2, 0.25) is 0 Å². The van der Waals surface area contributed by atoms with Gasteiger partial charge >= 0.3 is 0 Å². The summed E-state index contributed by atoms with van der Waals surface area (Å²) in [4.78, 5) is 4.26. The van der Waals surface area contributed by atoms with E-state index < -0.39 is 0 Å². The topological polar surface area (TPSA) is 29.9 Å². The van der Waals surface area contributed by atoms with Crippen molar-refractivity contribution in [3.63, 3.8) is 0 Å². The van der Waals surface area contributed by atoms with E-state index in [0.717, 1.165) is 19.6 Å². The van der Waals surface area contributed by atoms with Crippen LogP contribution < -0.4 is 5.32 Å². The van der Waals surface area contributed by atoms with Crippen LogP contribution in [0.1, 0.15) is 39.2 Å². The lowest BCUT2D eigenvalue weighted by Gasteiger charge is -2.15. The van der Waals surface area contributed by atoms with Crippen molar-refractivity contribution in [3.8, 4) is 0 Å². The largest absolute Gasteiger partial charge is 0.330 e. The van der Waals surface area contributed by atoms with Gasteiger partial charge in [-0.15, -0.1) is 0 Å². The molecule has 0 atom stereocenters. The number of aromatic nitrogens is 2. The normalized spacial score (nSPS) is 12.9. The van der Waals surface area contributed by atoms with E-state index in [1.807, 2.05) is 33.9 Å². The Bertz CT molecular complexity index is 241. The molecule has 2 rings (SSSR count). The van der Waals surface area contributed by atoms with E-state index in [0.29, 0.717) is 0 Å². The highest BCUT2D eigenvalue weighted by atomic mass is 15.1. The van der Waals surface area contributed by atoms with Crippen LogP contribution in [-0.4, -0.2) is 16.1 Å². The maximum Gasteiger partial charge on any atom is 0.122 e. The highest BCUT2D eigenvalue weighted by Gasteiger charge is 2.09. The van der Waals surface area contributed by atoms with Crippen LogP contribution in [0.25, 0.3) is 0 Å². The second-order valence-corrected chi connectivity index (χ2v) is 2.64. The first-order valence-electron chi connectivity index (χ1n) is 5.59. The van der Waals surface area contributed by atoms with Gasteiger partial charge in [-0.05, 0) is 6.92 Å². The number of fused-ring (bicyclic) bond motifs is 1. The minimum absolute atomic E-state index is 0.924.